The minimum atomic E-state index is 0. The average molecular weight is 447 g/mol. The van der Waals surface area contributed by atoms with E-state index in [2.05, 4.69) is 22.9 Å². The number of pyridine rings is 1. The highest BCUT2D eigenvalue weighted by Crippen LogP contribution is 2.34. The molecule has 1 aliphatic heterocycles. The molecule has 1 aromatic heterocycles. The molecular weight excluding hydrogens is 424 g/mol. The molecule has 0 saturated heterocycles. The predicted molar refractivity (Wildman–Crippen MR) is 130 cm³/mol. The van der Waals surface area contributed by atoms with Gasteiger partial charge in [0.15, 0.2) is 11.3 Å². The highest BCUT2D eigenvalue weighted by atomic mass is 35.5. The fourth-order valence-electron chi connectivity index (χ4n) is 3.75. The number of aromatic nitrogens is 2. The fourth-order valence-corrected chi connectivity index (χ4v) is 3.75. The van der Waals surface area contributed by atoms with Crippen molar-refractivity contribution in [2.45, 2.75) is 6.92 Å². The monoisotopic (exact) mass is 446 g/mol. The van der Waals surface area contributed by atoms with Gasteiger partial charge in [0.2, 0.25) is 0 Å². The van der Waals surface area contributed by atoms with E-state index >= 15 is 0 Å². The second-order valence-electron chi connectivity index (χ2n) is 7.69. The molecule has 0 saturated carbocycles. The Morgan fingerprint density at radius 2 is 1.75 bits per heavy atom. The van der Waals surface area contributed by atoms with Gasteiger partial charge in [-0.05, 0) is 48.9 Å². The summed E-state index contributed by atoms with van der Waals surface area (Å²) in [5, 5.41) is 2.72. The third-order valence-electron chi connectivity index (χ3n) is 5.38. The van der Waals surface area contributed by atoms with Crippen LogP contribution in [0.5, 0.6) is 5.75 Å². The summed E-state index contributed by atoms with van der Waals surface area (Å²) in [6.45, 7) is 2.06. The Morgan fingerprint density at radius 1 is 0.969 bits per heavy atom. The number of fused-ring (bicyclic) bond motifs is 4. The van der Waals surface area contributed by atoms with Crippen molar-refractivity contribution in [1.29, 1.82) is 0 Å². The lowest BCUT2D eigenvalue weighted by Gasteiger charge is -2.16. The van der Waals surface area contributed by atoms with Gasteiger partial charge in [-0.2, -0.15) is 0 Å². The maximum Gasteiger partial charge on any atom is 0.155 e. The summed E-state index contributed by atoms with van der Waals surface area (Å²) in [6.07, 6.45) is 3.46. The Labute approximate surface area is 192 Å². The molecule has 2 aliphatic rings. The maximum atomic E-state index is 6.38. The van der Waals surface area contributed by atoms with Crippen molar-refractivity contribution < 1.29 is 9.15 Å². The number of methoxy groups -OCH3 is 1. The van der Waals surface area contributed by atoms with Gasteiger partial charge < -0.3 is 14.1 Å². The third kappa shape index (κ3) is 3.74. The standard InChI is InChI=1S/C25H22N4O2.ClH/c1-15-11-17(29(2)3)12-22-24(15)28-25-20-13-18(30-4)5-6-19(20)21(14-23(25)31-22)27-16-7-9-26-10-8-16;/h5-14H,1-4H3;1H. The zero-order valence-corrected chi connectivity index (χ0v) is 19.1. The molecule has 1 aliphatic carbocycles. The number of benzene rings is 3. The van der Waals surface area contributed by atoms with Crippen LogP contribution in [-0.4, -0.2) is 31.2 Å². The van der Waals surface area contributed by atoms with Crippen LogP contribution < -0.4 is 15.0 Å². The van der Waals surface area contributed by atoms with Crippen LogP contribution in [0.25, 0.3) is 33.3 Å². The summed E-state index contributed by atoms with van der Waals surface area (Å²) >= 11 is 0. The Hall–Kier alpha value is -3.64. The number of halogens is 1. The molecule has 0 bridgehead atoms. The van der Waals surface area contributed by atoms with Crippen LogP contribution >= 0.6 is 12.4 Å². The van der Waals surface area contributed by atoms with Gasteiger partial charge in [0.25, 0.3) is 0 Å². The van der Waals surface area contributed by atoms with E-state index < -0.39 is 0 Å². The van der Waals surface area contributed by atoms with E-state index in [4.69, 9.17) is 19.1 Å². The van der Waals surface area contributed by atoms with Crippen LogP contribution in [-0.2, 0) is 0 Å². The van der Waals surface area contributed by atoms with Gasteiger partial charge in [-0.1, -0.05) is 0 Å². The molecule has 2 aromatic carbocycles. The van der Waals surface area contributed by atoms with Crippen molar-refractivity contribution in [1.82, 2.24) is 9.97 Å². The Morgan fingerprint density at radius 3 is 2.47 bits per heavy atom. The highest BCUT2D eigenvalue weighted by Gasteiger charge is 2.17. The highest BCUT2D eigenvalue weighted by molar-refractivity contribution is 5.97. The molecule has 162 valence electrons. The molecular formula is C25H23ClN4O2. The zero-order valence-electron chi connectivity index (χ0n) is 18.3. The van der Waals surface area contributed by atoms with E-state index in [1.165, 1.54) is 0 Å². The molecule has 0 unspecified atom stereocenters. The lowest BCUT2D eigenvalue weighted by molar-refractivity contribution is 0.415. The second kappa shape index (κ2) is 8.48. The molecule has 3 aromatic rings. The first-order valence-corrected chi connectivity index (χ1v) is 10.0. The van der Waals surface area contributed by atoms with E-state index in [1.807, 2.05) is 56.6 Å². The number of rotatable bonds is 3. The van der Waals surface area contributed by atoms with Crippen molar-refractivity contribution in [3.05, 3.63) is 71.8 Å². The molecule has 0 spiro atoms. The van der Waals surface area contributed by atoms with Gasteiger partial charge >= 0.3 is 0 Å². The van der Waals surface area contributed by atoms with Crippen LogP contribution in [0.4, 0.5) is 11.4 Å². The van der Waals surface area contributed by atoms with E-state index in [0.29, 0.717) is 5.76 Å². The smallest absolute Gasteiger partial charge is 0.155 e. The summed E-state index contributed by atoms with van der Waals surface area (Å²) in [5.41, 5.74) is 5.34. The fraction of sp³-hybridized carbons (Fsp3) is 0.160. The number of anilines is 1. The molecule has 0 radical (unpaired) electrons. The molecule has 6 nitrogen and oxygen atoms in total. The maximum absolute atomic E-state index is 6.38. The Bertz CT molecular complexity index is 1460. The van der Waals surface area contributed by atoms with E-state index in [0.717, 1.165) is 55.6 Å². The molecule has 2 heterocycles. The van der Waals surface area contributed by atoms with E-state index in [-0.39, 0.29) is 12.4 Å². The number of ether oxygens (including phenoxy) is 1. The lowest BCUT2D eigenvalue weighted by atomic mass is 10.0. The van der Waals surface area contributed by atoms with Gasteiger partial charge in [-0.25, -0.2) is 9.98 Å². The topological polar surface area (TPSA) is 63.8 Å². The van der Waals surface area contributed by atoms with Crippen LogP contribution in [0.15, 0.2) is 70.3 Å². The number of aryl methyl sites for hydroxylation is 1. The van der Waals surface area contributed by atoms with Crippen LogP contribution in [0.2, 0.25) is 0 Å². The normalized spacial score (nSPS) is 11.7. The Balaban J connectivity index is 0.00000245. The largest absolute Gasteiger partial charge is 0.497 e. The lowest BCUT2D eigenvalue weighted by Crippen LogP contribution is -2.09. The van der Waals surface area contributed by atoms with Gasteiger partial charge in [-0.15, -0.1) is 12.4 Å². The molecule has 0 fully saturated rings. The van der Waals surface area contributed by atoms with Crippen LogP contribution in [0, 0.1) is 6.92 Å². The second-order valence-corrected chi connectivity index (χ2v) is 7.69. The summed E-state index contributed by atoms with van der Waals surface area (Å²) in [6, 6.07) is 15.8. The average Bonchev–Trinajstić information content (AvgIpc) is 2.78. The van der Waals surface area contributed by atoms with Gasteiger partial charge in [-0.3, -0.25) is 4.98 Å². The Kier molecular flexibility index (Phi) is 5.72. The first kappa shape index (κ1) is 21.6. The van der Waals surface area contributed by atoms with Gasteiger partial charge in [0.05, 0.1) is 18.2 Å². The van der Waals surface area contributed by atoms with Gasteiger partial charge in [0, 0.05) is 55.1 Å². The van der Waals surface area contributed by atoms with Crippen LogP contribution in [0.3, 0.4) is 0 Å². The van der Waals surface area contributed by atoms with Crippen molar-refractivity contribution in [2.24, 2.45) is 4.99 Å². The summed E-state index contributed by atoms with van der Waals surface area (Å²) in [7, 11) is 5.69. The zero-order chi connectivity index (χ0) is 21.5. The van der Waals surface area contributed by atoms with E-state index in [1.54, 1.807) is 19.5 Å². The first-order valence-electron chi connectivity index (χ1n) is 10.0. The van der Waals surface area contributed by atoms with Gasteiger partial charge in [0.1, 0.15) is 17.0 Å². The van der Waals surface area contributed by atoms with Crippen molar-refractivity contribution >= 4 is 45.7 Å². The molecule has 5 rings (SSSR count). The molecule has 0 N–H and O–H groups in total. The first-order chi connectivity index (χ1) is 15.0. The van der Waals surface area contributed by atoms with Crippen molar-refractivity contribution in [3.63, 3.8) is 0 Å². The molecule has 0 atom stereocenters. The summed E-state index contributed by atoms with van der Waals surface area (Å²) < 4.78 is 11.9. The van der Waals surface area contributed by atoms with Crippen molar-refractivity contribution in [2.75, 3.05) is 26.1 Å². The quantitative estimate of drug-likeness (QED) is 0.270. The predicted octanol–water partition coefficient (Wildman–Crippen LogP) is 5.52. The molecule has 7 heteroatoms. The minimum absolute atomic E-state index is 0. The third-order valence-corrected chi connectivity index (χ3v) is 5.38. The summed E-state index contributed by atoms with van der Waals surface area (Å²) in [5.74, 6) is 1.44. The molecule has 32 heavy (non-hydrogen) atoms. The van der Waals surface area contributed by atoms with Crippen molar-refractivity contribution in [3.8, 4) is 17.2 Å². The number of hydrogen-bond donors (Lipinski definition) is 0. The number of nitrogens with zero attached hydrogens (tertiary/aromatic N) is 4. The van der Waals surface area contributed by atoms with E-state index in [9.17, 15) is 0 Å². The summed E-state index contributed by atoms with van der Waals surface area (Å²) in [4.78, 5) is 16.0. The minimum Gasteiger partial charge on any atom is -0.497 e. The SMILES string of the molecule is COc1ccc2c(=Nc3ccncc3)cc3oc4cc(N(C)C)cc(C)c4nc-3c2c1.Cl. The number of hydrogen-bond acceptors (Lipinski definition) is 6. The van der Waals surface area contributed by atoms with Crippen LogP contribution in [0.1, 0.15) is 5.56 Å². The molecule has 0 amide bonds.